The second-order valence-corrected chi connectivity index (χ2v) is 2.06. The number of hydrogen-bond donors (Lipinski definition) is 0. The van der Waals surface area contributed by atoms with E-state index in [1.54, 1.807) is 0 Å². The number of hydrogen-bond acceptors (Lipinski definition) is 0. The van der Waals surface area contributed by atoms with Gasteiger partial charge in [-0.1, -0.05) is 31.9 Å². The van der Waals surface area contributed by atoms with Gasteiger partial charge in [0.25, 0.3) is 0 Å². The topological polar surface area (TPSA) is 0 Å². The Kier molecular flexibility index (Phi) is 17.5. The molecule has 50 valence electrons. The van der Waals surface area contributed by atoms with Crippen molar-refractivity contribution < 1.29 is 0 Å². The molecular formula is C8H17K. The summed E-state index contributed by atoms with van der Waals surface area (Å²) in [6, 6.07) is 0. The fraction of sp³-hybridized carbons (Fsp3) is 0.750. The fourth-order valence-electron chi connectivity index (χ4n) is 0.679. The van der Waals surface area contributed by atoms with Gasteiger partial charge in [0.2, 0.25) is 0 Å². The summed E-state index contributed by atoms with van der Waals surface area (Å²) in [7, 11) is 0. The van der Waals surface area contributed by atoms with Gasteiger partial charge in [-0.15, -0.1) is 0 Å². The van der Waals surface area contributed by atoms with E-state index in [1.807, 2.05) is 0 Å². The van der Waals surface area contributed by atoms with Crippen molar-refractivity contribution in [1.29, 1.82) is 0 Å². The van der Waals surface area contributed by atoms with Gasteiger partial charge in [0.1, 0.15) is 0 Å². The molecule has 0 aliphatic heterocycles. The third kappa shape index (κ3) is 12.5. The second kappa shape index (κ2) is 12.1. The Hall–Kier alpha value is 1.38. The van der Waals surface area contributed by atoms with Crippen molar-refractivity contribution in [2.75, 3.05) is 0 Å². The zero-order valence-electron chi connectivity index (χ0n) is 5.98. The molecule has 0 aliphatic carbocycles. The van der Waals surface area contributed by atoms with Crippen LogP contribution in [0, 0.1) is 0 Å². The summed E-state index contributed by atoms with van der Waals surface area (Å²) in [6.45, 7) is 4.31. The molecule has 0 saturated carbocycles. The first kappa shape index (κ1) is 13.0. The van der Waals surface area contributed by atoms with Crippen molar-refractivity contribution in [2.45, 2.75) is 39.5 Å². The van der Waals surface area contributed by atoms with Crippen molar-refractivity contribution >= 4 is 51.4 Å². The minimum absolute atomic E-state index is 0. The quantitative estimate of drug-likeness (QED) is 0.330. The first-order valence-electron chi connectivity index (χ1n) is 3.53. The maximum absolute atomic E-state index is 2.23. The van der Waals surface area contributed by atoms with Crippen LogP contribution in [0.3, 0.4) is 0 Å². The number of unbranched alkanes of at least 4 members (excludes halogenated alkanes) is 3. The Bertz CT molecular complexity index is 57.6. The predicted molar refractivity (Wildman–Crippen MR) is 46.1 cm³/mol. The minimum atomic E-state index is 0. The van der Waals surface area contributed by atoms with Gasteiger partial charge in [-0.2, -0.15) is 0 Å². The standard InChI is InChI=1S/C8H16.K.H/c1-3-5-7-8-6-4-2;;/h3,5H,4,6-8H2,1-2H3;;. The molecule has 0 N–H and O–H groups in total. The van der Waals surface area contributed by atoms with Crippen LogP contribution < -0.4 is 0 Å². The van der Waals surface area contributed by atoms with E-state index in [0.29, 0.717) is 0 Å². The van der Waals surface area contributed by atoms with Gasteiger partial charge in [0.05, 0.1) is 0 Å². The van der Waals surface area contributed by atoms with E-state index in [4.69, 9.17) is 0 Å². The first-order valence-corrected chi connectivity index (χ1v) is 3.53. The Morgan fingerprint density at radius 2 is 1.89 bits per heavy atom. The third-order valence-electron chi connectivity index (χ3n) is 1.21. The molecule has 0 bridgehead atoms. The molecule has 0 spiro atoms. The summed E-state index contributed by atoms with van der Waals surface area (Å²) >= 11 is 0. The molecule has 0 aliphatic rings. The molecule has 0 unspecified atom stereocenters. The molecule has 0 amide bonds. The molecule has 0 aromatic rings. The van der Waals surface area contributed by atoms with E-state index in [9.17, 15) is 0 Å². The molecule has 0 aromatic heterocycles. The van der Waals surface area contributed by atoms with E-state index in [0.717, 1.165) is 0 Å². The molecule has 0 heterocycles. The van der Waals surface area contributed by atoms with Crippen LogP contribution in [0.1, 0.15) is 39.5 Å². The zero-order chi connectivity index (χ0) is 6.24. The monoisotopic (exact) mass is 152 g/mol. The fourth-order valence-corrected chi connectivity index (χ4v) is 0.679. The number of allylic oxidation sites excluding steroid dienone is 2. The van der Waals surface area contributed by atoms with Crippen LogP contribution in [0.15, 0.2) is 12.2 Å². The summed E-state index contributed by atoms with van der Waals surface area (Å²) in [4.78, 5) is 0. The van der Waals surface area contributed by atoms with Crippen LogP contribution in [0.2, 0.25) is 0 Å². The van der Waals surface area contributed by atoms with E-state index in [-0.39, 0.29) is 51.4 Å². The van der Waals surface area contributed by atoms with Gasteiger partial charge in [-0.25, -0.2) is 0 Å². The van der Waals surface area contributed by atoms with Gasteiger partial charge >= 0.3 is 51.4 Å². The van der Waals surface area contributed by atoms with Crippen LogP contribution >= 0.6 is 0 Å². The summed E-state index contributed by atoms with van der Waals surface area (Å²) < 4.78 is 0. The Balaban J connectivity index is 0. The molecule has 9 heavy (non-hydrogen) atoms. The summed E-state index contributed by atoms with van der Waals surface area (Å²) in [5, 5.41) is 0. The van der Waals surface area contributed by atoms with E-state index in [1.165, 1.54) is 25.7 Å². The summed E-state index contributed by atoms with van der Waals surface area (Å²) in [5.41, 5.74) is 0. The molecule has 0 fully saturated rings. The summed E-state index contributed by atoms with van der Waals surface area (Å²) in [6.07, 6.45) is 9.69. The molecule has 1 heteroatoms. The average Bonchev–Trinajstić information content (AvgIpc) is 1.81. The second-order valence-electron chi connectivity index (χ2n) is 2.06. The van der Waals surface area contributed by atoms with Gasteiger partial charge < -0.3 is 0 Å². The van der Waals surface area contributed by atoms with Crippen LogP contribution in [0.25, 0.3) is 0 Å². The van der Waals surface area contributed by atoms with Crippen molar-refractivity contribution in [2.24, 2.45) is 0 Å². The molecule has 0 radical (unpaired) electrons. The van der Waals surface area contributed by atoms with Crippen molar-refractivity contribution in [3.05, 3.63) is 12.2 Å². The first-order chi connectivity index (χ1) is 3.91. The maximum atomic E-state index is 2.23. The molecular weight excluding hydrogens is 135 g/mol. The average molecular weight is 152 g/mol. The van der Waals surface area contributed by atoms with Crippen LogP contribution in [-0.4, -0.2) is 51.4 Å². The van der Waals surface area contributed by atoms with Crippen molar-refractivity contribution in [3.63, 3.8) is 0 Å². The third-order valence-corrected chi connectivity index (χ3v) is 1.21. The van der Waals surface area contributed by atoms with Crippen molar-refractivity contribution in [1.82, 2.24) is 0 Å². The predicted octanol–water partition coefficient (Wildman–Crippen LogP) is 2.49. The van der Waals surface area contributed by atoms with Gasteiger partial charge in [0.15, 0.2) is 0 Å². The van der Waals surface area contributed by atoms with E-state index < -0.39 is 0 Å². The Labute approximate surface area is 102 Å². The Morgan fingerprint density at radius 3 is 2.33 bits per heavy atom. The van der Waals surface area contributed by atoms with Crippen molar-refractivity contribution in [3.8, 4) is 0 Å². The van der Waals surface area contributed by atoms with E-state index in [2.05, 4.69) is 26.0 Å². The van der Waals surface area contributed by atoms with Gasteiger partial charge in [-0.3, -0.25) is 0 Å². The Morgan fingerprint density at radius 1 is 1.22 bits per heavy atom. The summed E-state index contributed by atoms with van der Waals surface area (Å²) in [5.74, 6) is 0. The molecule has 0 nitrogen and oxygen atoms in total. The molecule has 0 rings (SSSR count). The van der Waals surface area contributed by atoms with Gasteiger partial charge in [0, 0.05) is 0 Å². The van der Waals surface area contributed by atoms with Crippen LogP contribution in [-0.2, 0) is 0 Å². The van der Waals surface area contributed by atoms with Crippen LogP contribution in [0.4, 0.5) is 0 Å². The van der Waals surface area contributed by atoms with Crippen LogP contribution in [0.5, 0.6) is 0 Å². The molecule has 0 saturated heterocycles. The molecule has 0 atom stereocenters. The SMILES string of the molecule is CC=CCCCCC.[KH]. The zero-order valence-corrected chi connectivity index (χ0v) is 5.98. The van der Waals surface area contributed by atoms with Gasteiger partial charge in [-0.05, 0) is 19.8 Å². The normalized spacial score (nSPS) is 9.56. The van der Waals surface area contributed by atoms with E-state index >= 15 is 0 Å². The molecule has 0 aromatic carbocycles. The number of rotatable bonds is 4.